The highest BCUT2D eigenvalue weighted by Gasteiger charge is 2.21. The number of nitro groups is 1. The predicted octanol–water partition coefficient (Wildman–Crippen LogP) is 1.12. The van der Waals surface area contributed by atoms with E-state index in [9.17, 15) is 14.9 Å². The first kappa shape index (κ1) is 14.9. The van der Waals surface area contributed by atoms with Gasteiger partial charge < -0.3 is 14.8 Å². The molecule has 19 heavy (non-hydrogen) atoms. The van der Waals surface area contributed by atoms with Crippen LogP contribution in [0.1, 0.15) is 6.92 Å². The molecular formula is C12H16N2O5. The zero-order valence-electron chi connectivity index (χ0n) is 10.8. The Labute approximate surface area is 110 Å². The van der Waals surface area contributed by atoms with Gasteiger partial charge in [-0.25, -0.2) is 0 Å². The topological polar surface area (TPSA) is 90.7 Å². The molecule has 1 aromatic carbocycles. The Morgan fingerprint density at radius 1 is 1.47 bits per heavy atom. The number of hydrogen-bond donors (Lipinski definition) is 1. The van der Waals surface area contributed by atoms with Crippen molar-refractivity contribution in [3.63, 3.8) is 0 Å². The summed E-state index contributed by atoms with van der Waals surface area (Å²) in [5, 5.41) is 13.7. The van der Waals surface area contributed by atoms with Gasteiger partial charge in [0.05, 0.1) is 12.0 Å². The minimum atomic E-state index is -0.658. The van der Waals surface area contributed by atoms with Crippen LogP contribution in [0.3, 0.4) is 0 Å². The Morgan fingerprint density at radius 2 is 2.16 bits per heavy atom. The summed E-state index contributed by atoms with van der Waals surface area (Å²) in [6, 6.07) is 5.35. The summed E-state index contributed by atoms with van der Waals surface area (Å²) in [7, 11) is 1.28. The monoisotopic (exact) mass is 268 g/mol. The Hall–Kier alpha value is -2.15. The first-order valence-corrected chi connectivity index (χ1v) is 5.77. The molecule has 104 valence electrons. The van der Waals surface area contributed by atoms with Crippen molar-refractivity contribution in [3.05, 3.63) is 34.4 Å². The minimum absolute atomic E-state index is 0.0363. The first-order chi connectivity index (χ1) is 9.10. The quantitative estimate of drug-likeness (QED) is 0.453. The maximum atomic E-state index is 11.4. The molecule has 7 heteroatoms. The van der Waals surface area contributed by atoms with E-state index in [0.29, 0.717) is 6.54 Å². The van der Waals surface area contributed by atoms with Crippen LogP contribution in [0.15, 0.2) is 24.3 Å². The summed E-state index contributed by atoms with van der Waals surface area (Å²) in [6.07, 6.45) is 0. The molecule has 1 atom stereocenters. The number of hydrogen-bond acceptors (Lipinski definition) is 6. The lowest BCUT2D eigenvalue weighted by Gasteiger charge is -2.16. The second kappa shape index (κ2) is 7.32. The van der Waals surface area contributed by atoms with Crippen LogP contribution in [-0.4, -0.2) is 37.2 Å². The highest BCUT2D eigenvalue weighted by atomic mass is 16.6. The Kier molecular flexibility index (Phi) is 5.74. The maximum absolute atomic E-state index is 11.4. The zero-order chi connectivity index (χ0) is 14.3. The van der Waals surface area contributed by atoms with Crippen LogP contribution >= 0.6 is 0 Å². The van der Waals surface area contributed by atoms with E-state index in [1.807, 2.05) is 6.92 Å². The summed E-state index contributed by atoms with van der Waals surface area (Å²) in [5.74, 6) is -0.347. The smallest absolute Gasteiger partial charge is 0.326 e. The maximum Gasteiger partial charge on any atom is 0.326 e. The Morgan fingerprint density at radius 3 is 2.74 bits per heavy atom. The van der Waals surface area contributed by atoms with E-state index in [1.54, 1.807) is 12.1 Å². The molecule has 0 aliphatic rings. The fraction of sp³-hybridized carbons (Fsp3) is 0.417. The summed E-state index contributed by atoms with van der Waals surface area (Å²) in [4.78, 5) is 21.7. The molecular weight excluding hydrogens is 252 g/mol. The molecule has 0 aliphatic carbocycles. The average molecular weight is 268 g/mol. The van der Waals surface area contributed by atoms with Crippen molar-refractivity contribution in [1.82, 2.24) is 5.32 Å². The van der Waals surface area contributed by atoms with E-state index in [-0.39, 0.29) is 18.0 Å². The number of ether oxygens (including phenoxy) is 2. The van der Waals surface area contributed by atoms with Crippen molar-refractivity contribution in [2.45, 2.75) is 13.0 Å². The van der Waals surface area contributed by atoms with Crippen LogP contribution < -0.4 is 10.1 Å². The van der Waals surface area contributed by atoms with Gasteiger partial charge >= 0.3 is 11.7 Å². The number of nitrogens with zero attached hydrogens (tertiary/aromatic N) is 1. The largest absolute Gasteiger partial charge is 0.485 e. The molecule has 0 aromatic heterocycles. The van der Waals surface area contributed by atoms with Gasteiger partial charge in [0.2, 0.25) is 0 Å². The summed E-state index contributed by atoms with van der Waals surface area (Å²) >= 11 is 0. The average Bonchev–Trinajstić information content (AvgIpc) is 2.42. The molecule has 1 unspecified atom stereocenters. The molecule has 0 aliphatic heterocycles. The highest BCUT2D eigenvalue weighted by molar-refractivity contribution is 5.75. The van der Waals surface area contributed by atoms with Crippen molar-refractivity contribution < 1.29 is 19.2 Å². The number of carbonyl (C=O) groups is 1. The van der Waals surface area contributed by atoms with Gasteiger partial charge in [0, 0.05) is 6.07 Å². The fourth-order valence-corrected chi connectivity index (χ4v) is 1.50. The van der Waals surface area contributed by atoms with Crippen LogP contribution in [0.4, 0.5) is 5.69 Å². The number of benzene rings is 1. The van der Waals surface area contributed by atoms with Gasteiger partial charge in [0.25, 0.3) is 0 Å². The third-order valence-corrected chi connectivity index (χ3v) is 2.40. The number of carbonyl (C=O) groups excluding carboxylic acids is 1. The van der Waals surface area contributed by atoms with Crippen LogP contribution in [0, 0.1) is 10.1 Å². The second-order valence-electron chi connectivity index (χ2n) is 3.67. The third-order valence-electron chi connectivity index (χ3n) is 2.40. The number of likely N-dealkylation sites (N-methyl/N-ethyl adjacent to an activating group) is 1. The molecule has 1 rings (SSSR count). The van der Waals surface area contributed by atoms with Gasteiger partial charge in [-0.2, -0.15) is 0 Å². The number of para-hydroxylation sites is 2. The van der Waals surface area contributed by atoms with E-state index in [1.165, 1.54) is 19.2 Å². The van der Waals surface area contributed by atoms with Crippen molar-refractivity contribution in [3.8, 4) is 5.75 Å². The molecule has 1 N–H and O–H groups in total. The number of rotatable bonds is 7. The van der Waals surface area contributed by atoms with Crippen molar-refractivity contribution in [2.24, 2.45) is 0 Å². The van der Waals surface area contributed by atoms with Gasteiger partial charge in [-0.3, -0.25) is 14.9 Å². The Balaban J connectivity index is 2.74. The van der Waals surface area contributed by atoms with Crippen molar-refractivity contribution in [1.29, 1.82) is 0 Å². The summed E-state index contributed by atoms with van der Waals surface area (Å²) in [6.45, 7) is 2.35. The van der Waals surface area contributed by atoms with E-state index in [0.717, 1.165) is 0 Å². The number of nitrogens with one attached hydrogen (secondary N) is 1. The summed E-state index contributed by atoms with van der Waals surface area (Å²) in [5.41, 5.74) is -0.136. The van der Waals surface area contributed by atoms with E-state index in [4.69, 9.17) is 4.74 Å². The van der Waals surface area contributed by atoms with Crippen molar-refractivity contribution >= 4 is 11.7 Å². The predicted molar refractivity (Wildman–Crippen MR) is 68.1 cm³/mol. The third kappa shape index (κ3) is 4.22. The van der Waals surface area contributed by atoms with Gasteiger partial charge in [0.15, 0.2) is 5.75 Å². The molecule has 0 spiro atoms. The van der Waals surface area contributed by atoms with Crippen LogP contribution in [0.5, 0.6) is 5.75 Å². The number of methoxy groups -OCH3 is 1. The molecule has 0 amide bonds. The highest BCUT2D eigenvalue weighted by Crippen LogP contribution is 2.25. The van der Waals surface area contributed by atoms with Crippen LogP contribution in [0.25, 0.3) is 0 Å². The molecule has 1 aromatic rings. The van der Waals surface area contributed by atoms with Gasteiger partial charge in [-0.05, 0) is 12.6 Å². The second-order valence-corrected chi connectivity index (χ2v) is 3.67. The van der Waals surface area contributed by atoms with Crippen LogP contribution in [-0.2, 0) is 9.53 Å². The lowest BCUT2D eigenvalue weighted by Crippen LogP contribution is -2.42. The normalized spacial score (nSPS) is 11.7. The number of esters is 1. The molecule has 0 saturated carbocycles. The SMILES string of the molecule is CCNC(COc1ccccc1[N+](=O)[O-])C(=O)OC. The van der Waals surface area contributed by atoms with Gasteiger partial charge in [0.1, 0.15) is 12.6 Å². The van der Waals surface area contributed by atoms with E-state index in [2.05, 4.69) is 10.1 Å². The van der Waals surface area contributed by atoms with E-state index < -0.39 is 16.9 Å². The molecule has 7 nitrogen and oxygen atoms in total. The molecule has 0 heterocycles. The number of nitro benzene ring substituents is 1. The van der Waals surface area contributed by atoms with Gasteiger partial charge in [-0.15, -0.1) is 0 Å². The molecule has 0 bridgehead atoms. The summed E-state index contributed by atoms with van der Waals surface area (Å²) < 4.78 is 9.95. The standard InChI is InChI=1S/C12H16N2O5/c1-3-13-9(12(15)18-2)8-19-11-7-5-4-6-10(11)14(16)17/h4-7,9,13H,3,8H2,1-2H3. The van der Waals surface area contributed by atoms with E-state index >= 15 is 0 Å². The lowest BCUT2D eigenvalue weighted by molar-refractivity contribution is -0.385. The van der Waals surface area contributed by atoms with Gasteiger partial charge in [-0.1, -0.05) is 19.1 Å². The fourth-order valence-electron chi connectivity index (χ4n) is 1.50. The first-order valence-electron chi connectivity index (χ1n) is 5.77. The molecule has 0 saturated heterocycles. The Bertz CT molecular complexity index is 450. The molecule has 0 fully saturated rings. The minimum Gasteiger partial charge on any atom is -0.485 e. The molecule has 0 radical (unpaired) electrons. The van der Waals surface area contributed by atoms with Crippen molar-refractivity contribution in [2.75, 3.05) is 20.3 Å². The van der Waals surface area contributed by atoms with Crippen LogP contribution in [0.2, 0.25) is 0 Å². The zero-order valence-corrected chi connectivity index (χ0v) is 10.8. The lowest BCUT2D eigenvalue weighted by atomic mass is 10.3.